The molecule has 0 atom stereocenters. The van der Waals surface area contributed by atoms with Gasteiger partial charge in [-0.3, -0.25) is 0 Å². The lowest BCUT2D eigenvalue weighted by atomic mass is 10.2. The molecule has 0 heterocycles. The third-order valence-corrected chi connectivity index (χ3v) is 1.78. The van der Waals surface area contributed by atoms with Crippen LogP contribution in [-0.2, 0) is 4.74 Å². The van der Waals surface area contributed by atoms with Crippen molar-refractivity contribution in [2.24, 2.45) is 0 Å². The highest BCUT2D eigenvalue weighted by Gasteiger charge is 1.88. The van der Waals surface area contributed by atoms with Crippen LogP contribution in [-0.4, -0.2) is 30.6 Å². The molecule has 0 amide bonds. The minimum atomic E-state index is 0. The SMILES string of the molecule is CCCCCOCCCCC.[Al]. The van der Waals surface area contributed by atoms with E-state index in [1.54, 1.807) is 0 Å². The van der Waals surface area contributed by atoms with E-state index in [1.165, 1.54) is 38.5 Å². The molecule has 2 heteroatoms. The van der Waals surface area contributed by atoms with Crippen molar-refractivity contribution >= 4 is 17.4 Å². The molecule has 0 aromatic rings. The molecule has 71 valence electrons. The fraction of sp³-hybridized carbons (Fsp3) is 1.00. The van der Waals surface area contributed by atoms with Gasteiger partial charge in [0.2, 0.25) is 0 Å². The molecule has 0 spiro atoms. The normalized spacial score (nSPS) is 9.50. The van der Waals surface area contributed by atoms with E-state index in [0.717, 1.165) is 13.2 Å². The number of hydrogen-bond acceptors (Lipinski definition) is 1. The van der Waals surface area contributed by atoms with Crippen LogP contribution in [0.15, 0.2) is 0 Å². The van der Waals surface area contributed by atoms with Gasteiger partial charge in [-0.25, -0.2) is 0 Å². The maximum absolute atomic E-state index is 5.44. The van der Waals surface area contributed by atoms with Crippen molar-refractivity contribution in [1.82, 2.24) is 0 Å². The molecule has 0 fully saturated rings. The number of hydrogen-bond donors (Lipinski definition) is 0. The molecule has 0 saturated carbocycles. The molecule has 0 aromatic carbocycles. The highest BCUT2D eigenvalue weighted by atomic mass is 27.0. The van der Waals surface area contributed by atoms with Gasteiger partial charge in [-0.1, -0.05) is 39.5 Å². The van der Waals surface area contributed by atoms with Crippen LogP contribution in [0.5, 0.6) is 0 Å². The summed E-state index contributed by atoms with van der Waals surface area (Å²) in [6.07, 6.45) is 7.68. The van der Waals surface area contributed by atoms with Crippen molar-refractivity contribution in [2.75, 3.05) is 13.2 Å². The van der Waals surface area contributed by atoms with E-state index in [-0.39, 0.29) is 17.4 Å². The molecule has 0 saturated heterocycles. The Morgan fingerprint density at radius 3 is 1.50 bits per heavy atom. The Morgan fingerprint density at radius 1 is 0.750 bits per heavy atom. The molecule has 12 heavy (non-hydrogen) atoms. The Balaban J connectivity index is 0. The first-order valence-electron chi connectivity index (χ1n) is 4.99. The van der Waals surface area contributed by atoms with Gasteiger partial charge in [0.05, 0.1) is 0 Å². The summed E-state index contributed by atoms with van der Waals surface area (Å²) in [6.45, 7) is 6.38. The fourth-order valence-electron chi connectivity index (χ4n) is 1.01. The zero-order valence-corrected chi connectivity index (χ0v) is 9.80. The van der Waals surface area contributed by atoms with Gasteiger partial charge in [0.15, 0.2) is 0 Å². The smallest absolute Gasteiger partial charge is 0.0466 e. The van der Waals surface area contributed by atoms with Crippen LogP contribution in [0, 0.1) is 0 Å². The van der Waals surface area contributed by atoms with E-state index in [9.17, 15) is 0 Å². The first-order valence-corrected chi connectivity index (χ1v) is 4.99. The van der Waals surface area contributed by atoms with Crippen LogP contribution in [0.2, 0.25) is 0 Å². The van der Waals surface area contributed by atoms with Crippen LogP contribution < -0.4 is 0 Å². The van der Waals surface area contributed by atoms with Gasteiger partial charge in [0.25, 0.3) is 0 Å². The monoisotopic (exact) mass is 185 g/mol. The maximum Gasteiger partial charge on any atom is 0.0466 e. The van der Waals surface area contributed by atoms with Crippen LogP contribution in [0.4, 0.5) is 0 Å². The van der Waals surface area contributed by atoms with Gasteiger partial charge >= 0.3 is 0 Å². The molecule has 0 aromatic heterocycles. The van der Waals surface area contributed by atoms with Crippen molar-refractivity contribution in [3.05, 3.63) is 0 Å². The lowest BCUT2D eigenvalue weighted by Gasteiger charge is -2.01. The zero-order valence-electron chi connectivity index (χ0n) is 8.64. The summed E-state index contributed by atoms with van der Waals surface area (Å²) in [6, 6.07) is 0. The largest absolute Gasteiger partial charge is 0.381 e. The van der Waals surface area contributed by atoms with E-state index in [4.69, 9.17) is 4.74 Å². The van der Waals surface area contributed by atoms with Crippen molar-refractivity contribution in [3.63, 3.8) is 0 Å². The lowest BCUT2D eigenvalue weighted by Crippen LogP contribution is -1.96. The van der Waals surface area contributed by atoms with Crippen molar-refractivity contribution in [2.45, 2.75) is 52.4 Å². The summed E-state index contributed by atoms with van der Waals surface area (Å²) in [7, 11) is 0. The van der Waals surface area contributed by atoms with Crippen LogP contribution in [0.25, 0.3) is 0 Å². The van der Waals surface area contributed by atoms with E-state index >= 15 is 0 Å². The molecular formula is C10H22AlO. The Kier molecular flexibility index (Phi) is 17.5. The molecule has 0 aliphatic carbocycles. The molecular weight excluding hydrogens is 163 g/mol. The van der Waals surface area contributed by atoms with Crippen LogP contribution in [0.1, 0.15) is 52.4 Å². The van der Waals surface area contributed by atoms with Gasteiger partial charge in [-0.15, -0.1) is 0 Å². The summed E-state index contributed by atoms with van der Waals surface area (Å²) in [5.74, 6) is 0. The van der Waals surface area contributed by atoms with Crippen molar-refractivity contribution < 1.29 is 4.74 Å². The zero-order chi connectivity index (χ0) is 8.36. The number of unbranched alkanes of at least 4 members (excludes halogenated alkanes) is 4. The number of rotatable bonds is 8. The highest BCUT2D eigenvalue weighted by molar-refractivity contribution is 5.75. The summed E-state index contributed by atoms with van der Waals surface area (Å²) in [5, 5.41) is 0. The van der Waals surface area contributed by atoms with Gasteiger partial charge in [0.1, 0.15) is 0 Å². The van der Waals surface area contributed by atoms with E-state index in [0.29, 0.717) is 0 Å². The van der Waals surface area contributed by atoms with Gasteiger partial charge in [-0.2, -0.15) is 0 Å². The molecule has 0 aliphatic rings. The fourth-order valence-corrected chi connectivity index (χ4v) is 1.01. The molecule has 1 nitrogen and oxygen atoms in total. The maximum atomic E-state index is 5.44. The highest BCUT2D eigenvalue weighted by Crippen LogP contribution is 1.97. The summed E-state index contributed by atoms with van der Waals surface area (Å²) < 4.78 is 5.44. The molecule has 0 rings (SSSR count). The average molecular weight is 185 g/mol. The number of ether oxygens (including phenoxy) is 1. The molecule has 0 N–H and O–H groups in total. The minimum Gasteiger partial charge on any atom is -0.381 e. The molecule has 0 bridgehead atoms. The van der Waals surface area contributed by atoms with Gasteiger partial charge in [0, 0.05) is 30.6 Å². The third kappa shape index (κ3) is 13.1. The Hall–Kier alpha value is 0.492. The Labute approximate surface area is 88.0 Å². The Morgan fingerprint density at radius 2 is 1.17 bits per heavy atom. The molecule has 0 unspecified atom stereocenters. The van der Waals surface area contributed by atoms with Gasteiger partial charge < -0.3 is 4.74 Å². The van der Waals surface area contributed by atoms with Gasteiger partial charge in [-0.05, 0) is 12.8 Å². The quantitative estimate of drug-likeness (QED) is 0.417. The minimum absolute atomic E-state index is 0. The first-order chi connectivity index (χ1) is 5.41. The summed E-state index contributed by atoms with van der Waals surface area (Å²) >= 11 is 0. The summed E-state index contributed by atoms with van der Waals surface area (Å²) in [5.41, 5.74) is 0. The Bertz CT molecular complexity index is 58.9. The topological polar surface area (TPSA) is 9.23 Å². The predicted octanol–water partition coefficient (Wildman–Crippen LogP) is 3.00. The first kappa shape index (κ1) is 15.0. The lowest BCUT2D eigenvalue weighted by molar-refractivity contribution is 0.126. The van der Waals surface area contributed by atoms with Crippen molar-refractivity contribution in [3.8, 4) is 0 Å². The average Bonchev–Trinajstić information content (AvgIpc) is 2.03. The summed E-state index contributed by atoms with van der Waals surface area (Å²) in [4.78, 5) is 0. The van der Waals surface area contributed by atoms with Crippen LogP contribution >= 0.6 is 0 Å². The second-order valence-corrected chi connectivity index (χ2v) is 3.03. The van der Waals surface area contributed by atoms with E-state index < -0.39 is 0 Å². The second kappa shape index (κ2) is 14.0. The van der Waals surface area contributed by atoms with Crippen LogP contribution in [0.3, 0.4) is 0 Å². The predicted molar refractivity (Wildman–Crippen MR) is 55.6 cm³/mol. The standard InChI is InChI=1S/C10H22O.Al/c1-3-5-7-9-11-10-8-6-4-2;/h3-10H2,1-2H3;. The van der Waals surface area contributed by atoms with E-state index in [1.807, 2.05) is 0 Å². The molecule has 3 radical (unpaired) electrons. The molecule has 0 aliphatic heterocycles. The second-order valence-electron chi connectivity index (χ2n) is 3.03. The third-order valence-electron chi connectivity index (χ3n) is 1.78. The van der Waals surface area contributed by atoms with E-state index in [2.05, 4.69) is 13.8 Å². The van der Waals surface area contributed by atoms with Crippen molar-refractivity contribution in [1.29, 1.82) is 0 Å².